The van der Waals surface area contributed by atoms with Crippen LogP contribution in [0.25, 0.3) is 0 Å². The number of carbonyl (C=O) groups excluding carboxylic acids is 2. The van der Waals surface area contributed by atoms with Crippen LogP contribution < -0.4 is 19.5 Å². The van der Waals surface area contributed by atoms with E-state index in [2.05, 4.69) is 12.2 Å². The van der Waals surface area contributed by atoms with E-state index in [4.69, 9.17) is 18.9 Å². The number of anilines is 1. The molecular formula is C21H25NO6S. The smallest absolute Gasteiger partial charge is 0.341 e. The molecule has 7 nitrogen and oxygen atoms in total. The molecule has 0 saturated carbocycles. The van der Waals surface area contributed by atoms with Gasteiger partial charge in [-0.15, -0.1) is 11.3 Å². The van der Waals surface area contributed by atoms with Crippen molar-refractivity contribution in [3.05, 3.63) is 34.2 Å². The summed E-state index contributed by atoms with van der Waals surface area (Å²) in [5.74, 6) is 1.02. The number of thiophene rings is 1. The molecule has 3 rings (SSSR count). The van der Waals surface area contributed by atoms with Crippen LogP contribution in [0.2, 0.25) is 0 Å². The number of methoxy groups -OCH3 is 3. The summed E-state index contributed by atoms with van der Waals surface area (Å²) in [5.41, 5.74) is 1.45. The van der Waals surface area contributed by atoms with Crippen molar-refractivity contribution in [1.82, 2.24) is 0 Å². The second-order valence-electron chi connectivity index (χ2n) is 6.88. The topological polar surface area (TPSA) is 83.1 Å². The summed E-state index contributed by atoms with van der Waals surface area (Å²) in [6.07, 6.45) is 2.72. The quantitative estimate of drug-likeness (QED) is 0.689. The van der Waals surface area contributed by atoms with Gasteiger partial charge in [-0.1, -0.05) is 13.0 Å². The highest BCUT2D eigenvalue weighted by Gasteiger charge is 2.29. The maximum absolute atomic E-state index is 12.6. The summed E-state index contributed by atoms with van der Waals surface area (Å²) in [6.45, 7) is 1.93. The molecule has 0 aliphatic heterocycles. The Hall–Kier alpha value is -2.74. The van der Waals surface area contributed by atoms with Gasteiger partial charge in [-0.2, -0.15) is 0 Å². The molecule has 1 N–H and O–H groups in total. The van der Waals surface area contributed by atoms with Gasteiger partial charge in [0.2, 0.25) is 5.75 Å². The van der Waals surface area contributed by atoms with Crippen LogP contribution in [0, 0.1) is 5.92 Å². The number of esters is 1. The van der Waals surface area contributed by atoms with Crippen molar-refractivity contribution in [2.75, 3.05) is 33.3 Å². The number of benzene rings is 1. The molecule has 1 unspecified atom stereocenters. The first kappa shape index (κ1) is 21.0. The molecule has 1 aromatic heterocycles. The average molecular weight is 419 g/mol. The first-order valence-electron chi connectivity index (χ1n) is 9.34. The molecule has 0 spiro atoms. The van der Waals surface area contributed by atoms with Crippen molar-refractivity contribution >= 4 is 28.2 Å². The van der Waals surface area contributed by atoms with Gasteiger partial charge < -0.3 is 24.3 Å². The van der Waals surface area contributed by atoms with Crippen LogP contribution in [0.15, 0.2) is 18.2 Å². The van der Waals surface area contributed by atoms with E-state index in [9.17, 15) is 9.59 Å². The number of ether oxygens (including phenoxy) is 4. The van der Waals surface area contributed by atoms with E-state index in [1.807, 2.05) is 0 Å². The zero-order valence-electron chi connectivity index (χ0n) is 17.0. The molecule has 29 heavy (non-hydrogen) atoms. The van der Waals surface area contributed by atoms with E-state index >= 15 is 0 Å². The Morgan fingerprint density at radius 3 is 2.48 bits per heavy atom. The number of rotatable bonds is 7. The van der Waals surface area contributed by atoms with Gasteiger partial charge in [0, 0.05) is 4.88 Å². The van der Waals surface area contributed by atoms with E-state index in [0.717, 1.165) is 29.7 Å². The number of carbonyl (C=O) groups is 2. The minimum absolute atomic E-state index is 0.254. The monoisotopic (exact) mass is 419 g/mol. The van der Waals surface area contributed by atoms with Gasteiger partial charge in [-0.3, -0.25) is 4.79 Å². The molecule has 0 radical (unpaired) electrons. The van der Waals surface area contributed by atoms with Crippen molar-refractivity contribution < 1.29 is 28.5 Å². The zero-order chi connectivity index (χ0) is 21.0. The second-order valence-corrected chi connectivity index (χ2v) is 7.98. The van der Waals surface area contributed by atoms with Gasteiger partial charge >= 0.3 is 5.97 Å². The third-order valence-corrected chi connectivity index (χ3v) is 6.05. The number of nitrogens with one attached hydrogen (secondary N) is 1. The lowest BCUT2D eigenvalue weighted by atomic mass is 9.88. The number of hydrogen-bond acceptors (Lipinski definition) is 7. The summed E-state index contributed by atoms with van der Waals surface area (Å²) < 4.78 is 21.2. The second kappa shape index (κ2) is 9.17. The van der Waals surface area contributed by atoms with Crippen LogP contribution in [0.4, 0.5) is 5.00 Å². The lowest BCUT2D eigenvalue weighted by Crippen LogP contribution is -2.21. The van der Waals surface area contributed by atoms with Crippen molar-refractivity contribution in [3.63, 3.8) is 0 Å². The van der Waals surface area contributed by atoms with Gasteiger partial charge in [-0.25, -0.2) is 4.79 Å². The molecule has 1 amide bonds. The first-order valence-corrected chi connectivity index (χ1v) is 10.2. The van der Waals surface area contributed by atoms with Gasteiger partial charge in [0.1, 0.15) is 5.00 Å². The number of amides is 1. The summed E-state index contributed by atoms with van der Waals surface area (Å²) in [7, 11) is 4.38. The lowest BCUT2D eigenvalue weighted by molar-refractivity contribution is -0.118. The van der Waals surface area contributed by atoms with Gasteiger partial charge in [0.25, 0.3) is 5.91 Å². The molecular weight excluding hydrogens is 394 g/mol. The van der Waals surface area contributed by atoms with E-state index in [0.29, 0.717) is 33.7 Å². The van der Waals surface area contributed by atoms with E-state index in [-0.39, 0.29) is 12.5 Å². The highest BCUT2D eigenvalue weighted by Crippen LogP contribution is 2.40. The Morgan fingerprint density at radius 1 is 1.17 bits per heavy atom. The van der Waals surface area contributed by atoms with Crippen LogP contribution in [-0.2, 0) is 22.4 Å². The first-order chi connectivity index (χ1) is 14.0. The molecule has 0 saturated heterocycles. The predicted octanol–water partition coefficient (Wildman–Crippen LogP) is 3.69. The normalized spacial score (nSPS) is 15.2. The Balaban J connectivity index is 1.77. The zero-order valence-corrected chi connectivity index (χ0v) is 17.8. The van der Waals surface area contributed by atoms with E-state index in [1.165, 1.54) is 32.7 Å². The van der Waals surface area contributed by atoms with Gasteiger partial charge in [0.15, 0.2) is 18.1 Å². The van der Waals surface area contributed by atoms with Crippen LogP contribution >= 0.6 is 11.3 Å². The third-order valence-electron chi connectivity index (χ3n) is 4.88. The standard InChI is InChI=1S/C21H25NO6S/c1-12-8-9-13-16(10-12)29-20(18(13)21(24)27-4)22-17(23)11-28-19-14(25-2)6-5-7-15(19)26-3/h5-7,12H,8-11H2,1-4H3,(H,22,23). The Bertz CT molecular complexity index is 885. The van der Waals surface area contributed by atoms with Crippen molar-refractivity contribution in [1.29, 1.82) is 0 Å². The van der Waals surface area contributed by atoms with Crippen LogP contribution in [0.3, 0.4) is 0 Å². The summed E-state index contributed by atoms with van der Waals surface area (Å²) in [6, 6.07) is 5.21. The summed E-state index contributed by atoms with van der Waals surface area (Å²) in [5, 5.41) is 3.33. The molecule has 1 aromatic carbocycles. The number of para-hydroxylation sites is 1. The molecule has 8 heteroatoms. The van der Waals surface area contributed by atoms with Gasteiger partial charge in [-0.05, 0) is 42.9 Å². The number of fused-ring (bicyclic) bond motifs is 1. The third kappa shape index (κ3) is 4.48. The maximum Gasteiger partial charge on any atom is 0.341 e. The van der Waals surface area contributed by atoms with Gasteiger partial charge in [0.05, 0.1) is 26.9 Å². The molecule has 0 fully saturated rings. The SMILES string of the molecule is COC(=O)c1c(NC(=O)COc2c(OC)cccc2OC)sc2c1CCC(C)C2. The fourth-order valence-electron chi connectivity index (χ4n) is 3.42. The Morgan fingerprint density at radius 2 is 1.86 bits per heavy atom. The summed E-state index contributed by atoms with van der Waals surface area (Å²) >= 11 is 1.44. The molecule has 1 aliphatic carbocycles. The van der Waals surface area contributed by atoms with E-state index in [1.54, 1.807) is 18.2 Å². The summed E-state index contributed by atoms with van der Waals surface area (Å²) in [4.78, 5) is 26.0. The lowest BCUT2D eigenvalue weighted by Gasteiger charge is -2.18. The molecule has 1 heterocycles. The minimum Gasteiger partial charge on any atom is -0.493 e. The fraction of sp³-hybridized carbons (Fsp3) is 0.429. The van der Waals surface area contributed by atoms with Crippen molar-refractivity contribution in [3.8, 4) is 17.2 Å². The highest BCUT2D eigenvalue weighted by molar-refractivity contribution is 7.17. The fourth-order valence-corrected chi connectivity index (χ4v) is 4.83. The van der Waals surface area contributed by atoms with E-state index < -0.39 is 5.97 Å². The van der Waals surface area contributed by atoms with Crippen molar-refractivity contribution in [2.45, 2.75) is 26.2 Å². The molecule has 156 valence electrons. The Labute approximate surface area is 173 Å². The van der Waals surface area contributed by atoms with Crippen molar-refractivity contribution in [2.24, 2.45) is 5.92 Å². The van der Waals surface area contributed by atoms with Crippen LogP contribution in [0.5, 0.6) is 17.2 Å². The molecule has 2 aromatic rings. The van der Waals surface area contributed by atoms with Crippen LogP contribution in [0.1, 0.15) is 34.1 Å². The largest absolute Gasteiger partial charge is 0.493 e. The predicted molar refractivity (Wildman–Crippen MR) is 111 cm³/mol. The highest BCUT2D eigenvalue weighted by atomic mass is 32.1. The van der Waals surface area contributed by atoms with Crippen LogP contribution in [-0.4, -0.2) is 39.8 Å². The molecule has 0 bridgehead atoms. The minimum atomic E-state index is -0.431. The number of hydrogen-bond donors (Lipinski definition) is 1. The molecule has 1 atom stereocenters. The maximum atomic E-state index is 12.6. The Kier molecular flexibility index (Phi) is 6.64. The average Bonchev–Trinajstić information content (AvgIpc) is 3.07. The molecule has 1 aliphatic rings.